The molecule has 2 aromatic heterocycles. The number of nitrogens with zero attached hydrogens (tertiary/aromatic N) is 2. The maximum absolute atomic E-state index is 12.5. The molecule has 1 aliphatic rings. The average Bonchev–Trinajstić information content (AvgIpc) is 2.77. The zero-order valence-electron chi connectivity index (χ0n) is 17.2. The third kappa shape index (κ3) is 3.72. The molecule has 3 heterocycles. The smallest absolute Gasteiger partial charge is 0.259 e. The van der Waals surface area contributed by atoms with Gasteiger partial charge in [-0.1, -0.05) is 0 Å². The molecule has 1 fully saturated rings. The Morgan fingerprint density at radius 2 is 1.83 bits per heavy atom. The lowest BCUT2D eigenvalue weighted by Crippen LogP contribution is -2.28. The number of pyridine rings is 2. The molecule has 1 aromatic carbocycles. The van der Waals surface area contributed by atoms with Gasteiger partial charge in [0, 0.05) is 36.8 Å². The van der Waals surface area contributed by atoms with E-state index < -0.39 is 0 Å². The van der Waals surface area contributed by atoms with Crippen molar-refractivity contribution in [3.63, 3.8) is 0 Å². The van der Waals surface area contributed by atoms with Gasteiger partial charge in [-0.05, 0) is 67.4 Å². The summed E-state index contributed by atoms with van der Waals surface area (Å²) in [4.78, 5) is 16.6. The Kier molecular flexibility index (Phi) is 5.53. The van der Waals surface area contributed by atoms with Crippen LogP contribution < -0.4 is 20.3 Å². The third-order valence-electron chi connectivity index (χ3n) is 5.86. The Morgan fingerprint density at radius 3 is 2.48 bits per heavy atom. The summed E-state index contributed by atoms with van der Waals surface area (Å²) < 4.78 is 13.2. The molecule has 29 heavy (non-hydrogen) atoms. The van der Waals surface area contributed by atoms with Gasteiger partial charge in [-0.2, -0.15) is 0 Å². The van der Waals surface area contributed by atoms with Crippen molar-refractivity contribution in [1.29, 1.82) is 0 Å². The second-order valence-corrected chi connectivity index (χ2v) is 7.64. The standard InChI is InChI=1S/C23H27N3O3/c1-26-14-20(17-6-9-25-13-19(17)23(26)27)16-11-21(28-2)18(22(12-16)29-3)10-15-4-7-24-8-5-15/h6,9,11-15,24H,4-5,7-8,10H2,1-3H3. The summed E-state index contributed by atoms with van der Waals surface area (Å²) in [6.07, 6.45) is 8.46. The molecule has 0 unspecified atom stereocenters. The Hall–Kier alpha value is -2.86. The molecule has 0 atom stereocenters. The summed E-state index contributed by atoms with van der Waals surface area (Å²) in [5.74, 6) is 2.28. The van der Waals surface area contributed by atoms with Crippen LogP contribution in [0.2, 0.25) is 0 Å². The van der Waals surface area contributed by atoms with Crippen LogP contribution >= 0.6 is 0 Å². The number of fused-ring (bicyclic) bond motifs is 1. The first-order valence-electron chi connectivity index (χ1n) is 10.0. The average molecular weight is 393 g/mol. The molecule has 0 saturated carbocycles. The quantitative estimate of drug-likeness (QED) is 0.721. The molecule has 152 valence electrons. The Morgan fingerprint density at radius 1 is 1.14 bits per heavy atom. The largest absolute Gasteiger partial charge is 0.496 e. The Balaban J connectivity index is 1.85. The summed E-state index contributed by atoms with van der Waals surface area (Å²) in [6, 6.07) is 5.99. The Bertz CT molecular complexity index is 1060. The topological polar surface area (TPSA) is 65.4 Å². The van der Waals surface area contributed by atoms with Crippen LogP contribution in [-0.4, -0.2) is 36.9 Å². The van der Waals surface area contributed by atoms with Crippen molar-refractivity contribution in [2.45, 2.75) is 19.3 Å². The van der Waals surface area contributed by atoms with E-state index in [-0.39, 0.29) is 5.56 Å². The molecule has 4 rings (SSSR count). The van der Waals surface area contributed by atoms with Gasteiger partial charge >= 0.3 is 0 Å². The van der Waals surface area contributed by atoms with Gasteiger partial charge in [0.2, 0.25) is 0 Å². The van der Waals surface area contributed by atoms with Crippen LogP contribution in [0.3, 0.4) is 0 Å². The van der Waals surface area contributed by atoms with E-state index in [4.69, 9.17) is 9.47 Å². The van der Waals surface area contributed by atoms with E-state index in [2.05, 4.69) is 22.4 Å². The highest BCUT2D eigenvalue weighted by Crippen LogP contribution is 2.39. The van der Waals surface area contributed by atoms with E-state index in [1.54, 1.807) is 38.2 Å². The van der Waals surface area contributed by atoms with E-state index in [0.29, 0.717) is 11.3 Å². The van der Waals surface area contributed by atoms with E-state index in [0.717, 1.165) is 65.9 Å². The summed E-state index contributed by atoms with van der Waals surface area (Å²) >= 11 is 0. The molecule has 0 radical (unpaired) electrons. The molecule has 1 aliphatic heterocycles. The van der Waals surface area contributed by atoms with Crippen molar-refractivity contribution in [2.75, 3.05) is 27.3 Å². The highest BCUT2D eigenvalue weighted by molar-refractivity contribution is 5.95. The lowest BCUT2D eigenvalue weighted by molar-refractivity contribution is 0.347. The maximum atomic E-state index is 12.5. The lowest BCUT2D eigenvalue weighted by atomic mass is 9.89. The number of methoxy groups -OCH3 is 2. The number of piperidine rings is 1. The van der Waals surface area contributed by atoms with Gasteiger partial charge in [0.15, 0.2) is 0 Å². The predicted octanol–water partition coefficient (Wildman–Crippen LogP) is 3.16. The molecule has 0 aliphatic carbocycles. The molecular weight excluding hydrogens is 366 g/mol. The van der Waals surface area contributed by atoms with Crippen molar-refractivity contribution in [3.05, 3.63) is 52.7 Å². The minimum Gasteiger partial charge on any atom is -0.496 e. The van der Waals surface area contributed by atoms with E-state index in [1.165, 1.54) is 0 Å². The van der Waals surface area contributed by atoms with Crippen LogP contribution in [0.1, 0.15) is 18.4 Å². The van der Waals surface area contributed by atoms with Gasteiger partial charge in [-0.3, -0.25) is 9.78 Å². The molecule has 1 N–H and O–H groups in total. The first-order valence-corrected chi connectivity index (χ1v) is 10.0. The van der Waals surface area contributed by atoms with Crippen LogP contribution in [0.25, 0.3) is 21.9 Å². The monoisotopic (exact) mass is 393 g/mol. The van der Waals surface area contributed by atoms with Crippen molar-refractivity contribution >= 4 is 10.8 Å². The van der Waals surface area contributed by atoms with Gasteiger partial charge in [0.05, 0.1) is 19.6 Å². The SMILES string of the molecule is COc1cc(-c2cn(C)c(=O)c3cnccc23)cc(OC)c1CC1CCNCC1. The highest BCUT2D eigenvalue weighted by Gasteiger charge is 2.21. The van der Waals surface area contributed by atoms with Crippen LogP contribution in [0.15, 0.2) is 41.6 Å². The zero-order chi connectivity index (χ0) is 20.4. The zero-order valence-corrected chi connectivity index (χ0v) is 17.2. The fourth-order valence-corrected chi connectivity index (χ4v) is 4.26. The number of hydrogen-bond acceptors (Lipinski definition) is 5. The predicted molar refractivity (Wildman–Crippen MR) is 115 cm³/mol. The fraction of sp³-hybridized carbons (Fsp3) is 0.391. The van der Waals surface area contributed by atoms with Crippen LogP contribution in [0.4, 0.5) is 0 Å². The van der Waals surface area contributed by atoms with Gasteiger partial charge in [0.1, 0.15) is 11.5 Å². The molecule has 1 saturated heterocycles. The van der Waals surface area contributed by atoms with Crippen LogP contribution in [-0.2, 0) is 13.5 Å². The molecule has 0 spiro atoms. The summed E-state index contributed by atoms with van der Waals surface area (Å²) in [5, 5.41) is 4.89. The molecular formula is C23H27N3O3. The minimum absolute atomic E-state index is 0.0571. The fourth-order valence-electron chi connectivity index (χ4n) is 4.26. The number of ether oxygens (including phenoxy) is 2. The van der Waals surface area contributed by atoms with Crippen molar-refractivity contribution in [2.24, 2.45) is 13.0 Å². The van der Waals surface area contributed by atoms with Crippen molar-refractivity contribution < 1.29 is 9.47 Å². The first-order chi connectivity index (χ1) is 14.1. The number of rotatable bonds is 5. The summed E-state index contributed by atoms with van der Waals surface area (Å²) in [6.45, 7) is 2.12. The van der Waals surface area contributed by atoms with Gasteiger partial charge in [-0.25, -0.2) is 0 Å². The normalized spacial score (nSPS) is 14.9. The molecule has 0 bridgehead atoms. The number of aryl methyl sites for hydroxylation is 1. The third-order valence-corrected chi connectivity index (χ3v) is 5.86. The van der Waals surface area contributed by atoms with Gasteiger partial charge in [-0.15, -0.1) is 0 Å². The highest BCUT2D eigenvalue weighted by atomic mass is 16.5. The lowest BCUT2D eigenvalue weighted by Gasteiger charge is -2.25. The first kappa shape index (κ1) is 19.5. The molecule has 6 heteroatoms. The minimum atomic E-state index is -0.0571. The van der Waals surface area contributed by atoms with Crippen LogP contribution in [0.5, 0.6) is 11.5 Å². The Labute approximate surface area is 170 Å². The molecule has 0 amide bonds. The number of benzene rings is 1. The summed E-state index contributed by atoms with van der Waals surface area (Å²) in [7, 11) is 5.17. The number of aromatic nitrogens is 2. The van der Waals surface area contributed by atoms with E-state index >= 15 is 0 Å². The maximum Gasteiger partial charge on any atom is 0.259 e. The molecule has 6 nitrogen and oxygen atoms in total. The number of hydrogen-bond donors (Lipinski definition) is 1. The van der Waals surface area contributed by atoms with Gasteiger partial charge < -0.3 is 19.4 Å². The van der Waals surface area contributed by atoms with Crippen molar-refractivity contribution in [3.8, 4) is 22.6 Å². The van der Waals surface area contributed by atoms with Crippen LogP contribution in [0, 0.1) is 5.92 Å². The second-order valence-electron chi connectivity index (χ2n) is 7.64. The van der Waals surface area contributed by atoms with Gasteiger partial charge in [0.25, 0.3) is 5.56 Å². The van der Waals surface area contributed by atoms with Crippen molar-refractivity contribution in [1.82, 2.24) is 14.9 Å². The van der Waals surface area contributed by atoms with E-state index in [9.17, 15) is 4.79 Å². The number of nitrogens with one attached hydrogen (secondary N) is 1. The van der Waals surface area contributed by atoms with E-state index in [1.807, 2.05) is 12.3 Å². The summed E-state index contributed by atoms with van der Waals surface area (Å²) in [5.41, 5.74) is 2.97. The second kappa shape index (κ2) is 8.25. The molecule has 3 aromatic rings.